The molecule has 2 nitrogen and oxygen atoms in total. The Morgan fingerprint density at radius 2 is 2.21 bits per heavy atom. The van der Waals surface area contributed by atoms with Gasteiger partial charge in [-0.2, -0.15) is 0 Å². The largest absolute Gasteiger partial charge is 0.331 e. The summed E-state index contributed by atoms with van der Waals surface area (Å²) in [5.74, 6) is -0.306. The van der Waals surface area contributed by atoms with Gasteiger partial charge in [-0.25, -0.2) is 4.39 Å². The van der Waals surface area contributed by atoms with Crippen molar-refractivity contribution in [2.24, 2.45) is 0 Å². The molecule has 3 rings (SSSR count). The molecule has 0 atom stereocenters. The smallest absolute Gasteiger partial charge is 0.178 e. The highest BCUT2D eigenvalue weighted by Gasteiger charge is 2.10. The van der Waals surface area contributed by atoms with Gasteiger partial charge in [0.2, 0.25) is 0 Å². The zero-order valence-electron chi connectivity index (χ0n) is 9.41. The SMILES string of the molecule is Fc1cc2c(cc1Br)[nH]c(=S)n2Cc1ccc(Cl)s1. The average Bonchev–Trinajstić information content (AvgIpc) is 2.87. The summed E-state index contributed by atoms with van der Waals surface area (Å²) in [7, 11) is 0. The van der Waals surface area contributed by atoms with Crippen molar-refractivity contribution in [3.8, 4) is 0 Å². The number of rotatable bonds is 2. The molecule has 0 saturated carbocycles. The summed E-state index contributed by atoms with van der Waals surface area (Å²) in [4.78, 5) is 4.15. The van der Waals surface area contributed by atoms with Crippen LogP contribution in [0, 0.1) is 10.6 Å². The van der Waals surface area contributed by atoms with Gasteiger partial charge in [0.05, 0.1) is 26.4 Å². The fourth-order valence-electron chi connectivity index (χ4n) is 1.90. The number of benzene rings is 1. The number of H-pyrrole nitrogens is 1. The van der Waals surface area contributed by atoms with Crippen LogP contribution >= 0.6 is 51.1 Å². The summed E-state index contributed by atoms with van der Waals surface area (Å²) in [6.45, 7) is 0.581. The van der Waals surface area contributed by atoms with Crippen LogP contribution in [0.15, 0.2) is 28.7 Å². The van der Waals surface area contributed by atoms with E-state index in [2.05, 4.69) is 20.9 Å². The number of nitrogens with one attached hydrogen (secondary N) is 1. The van der Waals surface area contributed by atoms with Crippen LogP contribution in [-0.4, -0.2) is 9.55 Å². The molecule has 0 saturated heterocycles. The monoisotopic (exact) mass is 376 g/mol. The molecular weight excluding hydrogens is 371 g/mol. The number of nitrogens with zero attached hydrogens (tertiary/aromatic N) is 1. The van der Waals surface area contributed by atoms with E-state index in [0.29, 0.717) is 15.8 Å². The van der Waals surface area contributed by atoms with Crippen LogP contribution in [0.4, 0.5) is 4.39 Å². The van der Waals surface area contributed by atoms with Crippen molar-refractivity contribution in [1.29, 1.82) is 0 Å². The lowest BCUT2D eigenvalue weighted by Crippen LogP contribution is -1.97. The van der Waals surface area contributed by atoms with Gasteiger partial charge in [0, 0.05) is 10.9 Å². The molecule has 0 bridgehead atoms. The van der Waals surface area contributed by atoms with Crippen LogP contribution in [0.1, 0.15) is 4.88 Å². The van der Waals surface area contributed by atoms with Gasteiger partial charge >= 0.3 is 0 Å². The van der Waals surface area contributed by atoms with E-state index in [0.717, 1.165) is 20.2 Å². The number of halogens is 3. The quantitative estimate of drug-likeness (QED) is 0.596. The zero-order valence-corrected chi connectivity index (χ0v) is 13.4. The van der Waals surface area contributed by atoms with Crippen molar-refractivity contribution in [2.45, 2.75) is 6.54 Å². The maximum Gasteiger partial charge on any atom is 0.178 e. The normalized spacial score (nSPS) is 11.3. The lowest BCUT2D eigenvalue weighted by Gasteiger charge is -2.03. The number of aromatic amines is 1. The van der Waals surface area contributed by atoms with Crippen LogP contribution in [-0.2, 0) is 6.54 Å². The Balaban J connectivity index is 2.15. The molecule has 1 aromatic carbocycles. The summed E-state index contributed by atoms with van der Waals surface area (Å²) in [5, 5.41) is 0. The van der Waals surface area contributed by atoms with Gasteiger partial charge in [-0.3, -0.25) is 0 Å². The van der Waals surface area contributed by atoms with Gasteiger partial charge < -0.3 is 9.55 Å². The van der Waals surface area contributed by atoms with Gasteiger partial charge in [0.25, 0.3) is 0 Å². The lowest BCUT2D eigenvalue weighted by atomic mass is 10.3. The Morgan fingerprint density at radius 1 is 1.42 bits per heavy atom. The Morgan fingerprint density at radius 3 is 2.89 bits per heavy atom. The molecular formula is C12H7BrClFN2S2. The molecule has 19 heavy (non-hydrogen) atoms. The molecule has 0 radical (unpaired) electrons. The number of hydrogen-bond acceptors (Lipinski definition) is 2. The number of aromatic nitrogens is 2. The minimum absolute atomic E-state index is 0.306. The predicted molar refractivity (Wildman–Crippen MR) is 83.2 cm³/mol. The van der Waals surface area contributed by atoms with E-state index >= 15 is 0 Å². The van der Waals surface area contributed by atoms with Crippen molar-refractivity contribution < 1.29 is 4.39 Å². The molecule has 0 aliphatic rings. The van der Waals surface area contributed by atoms with Gasteiger partial charge in [0.1, 0.15) is 5.82 Å². The van der Waals surface area contributed by atoms with Crippen molar-refractivity contribution in [3.63, 3.8) is 0 Å². The van der Waals surface area contributed by atoms with Crippen molar-refractivity contribution >= 4 is 62.1 Å². The second-order valence-corrected chi connectivity index (χ2v) is 7.05. The minimum Gasteiger partial charge on any atom is -0.331 e. The summed E-state index contributed by atoms with van der Waals surface area (Å²) >= 11 is 15.9. The maximum atomic E-state index is 13.7. The molecule has 98 valence electrons. The maximum absolute atomic E-state index is 13.7. The molecule has 0 aliphatic carbocycles. The molecule has 0 spiro atoms. The van der Waals surface area contributed by atoms with Gasteiger partial charge in [-0.05, 0) is 46.3 Å². The van der Waals surface area contributed by atoms with E-state index in [9.17, 15) is 4.39 Å². The summed E-state index contributed by atoms with van der Waals surface area (Å²) in [6, 6.07) is 6.96. The summed E-state index contributed by atoms with van der Waals surface area (Å²) in [6.07, 6.45) is 0. The summed E-state index contributed by atoms with van der Waals surface area (Å²) in [5.41, 5.74) is 1.55. The second kappa shape index (κ2) is 5.01. The third-order valence-electron chi connectivity index (χ3n) is 2.76. The zero-order chi connectivity index (χ0) is 13.6. The van der Waals surface area contributed by atoms with Gasteiger partial charge in [-0.15, -0.1) is 11.3 Å². The third kappa shape index (κ3) is 2.50. The fourth-order valence-corrected chi connectivity index (χ4v) is 3.59. The Labute approximate surface area is 131 Å². The van der Waals surface area contributed by atoms with E-state index in [-0.39, 0.29) is 5.82 Å². The van der Waals surface area contributed by atoms with Crippen LogP contribution in [0.2, 0.25) is 4.34 Å². The van der Waals surface area contributed by atoms with E-state index in [1.165, 1.54) is 17.4 Å². The van der Waals surface area contributed by atoms with Gasteiger partial charge in [-0.1, -0.05) is 11.6 Å². The molecule has 2 aromatic heterocycles. The first kappa shape index (κ1) is 13.3. The summed E-state index contributed by atoms with van der Waals surface area (Å²) < 4.78 is 17.2. The third-order valence-corrected chi connectivity index (χ3v) is 4.91. The molecule has 0 amide bonds. The van der Waals surface area contributed by atoms with Crippen LogP contribution in [0.5, 0.6) is 0 Å². The van der Waals surface area contributed by atoms with E-state index < -0.39 is 0 Å². The number of hydrogen-bond donors (Lipinski definition) is 1. The minimum atomic E-state index is -0.306. The number of thiophene rings is 1. The number of fused-ring (bicyclic) bond motifs is 1. The van der Waals surface area contributed by atoms with E-state index in [4.69, 9.17) is 23.8 Å². The van der Waals surface area contributed by atoms with Crippen molar-refractivity contribution in [2.75, 3.05) is 0 Å². The van der Waals surface area contributed by atoms with Crippen LogP contribution in [0.25, 0.3) is 11.0 Å². The Kier molecular flexibility index (Phi) is 3.51. The highest BCUT2D eigenvalue weighted by atomic mass is 79.9. The van der Waals surface area contributed by atoms with Crippen molar-refractivity contribution in [3.05, 3.63) is 48.5 Å². The average molecular weight is 378 g/mol. The molecule has 1 N–H and O–H groups in total. The predicted octanol–water partition coefficient (Wildman–Crippen LogP) is 5.36. The lowest BCUT2D eigenvalue weighted by molar-refractivity contribution is 0.622. The topological polar surface area (TPSA) is 20.7 Å². The Bertz CT molecular complexity index is 821. The second-order valence-electron chi connectivity index (χ2n) is 4.01. The molecule has 0 fully saturated rings. The van der Waals surface area contributed by atoms with Gasteiger partial charge in [0.15, 0.2) is 4.77 Å². The highest BCUT2D eigenvalue weighted by molar-refractivity contribution is 9.10. The van der Waals surface area contributed by atoms with Crippen molar-refractivity contribution in [1.82, 2.24) is 9.55 Å². The highest BCUT2D eigenvalue weighted by Crippen LogP contribution is 2.26. The van der Waals surface area contributed by atoms with E-state index in [1.54, 1.807) is 6.07 Å². The molecule has 0 aliphatic heterocycles. The Hall–Kier alpha value is -0.690. The number of imidazole rings is 1. The molecule has 3 aromatic rings. The van der Waals surface area contributed by atoms with Crippen LogP contribution in [0.3, 0.4) is 0 Å². The fraction of sp³-hybridized carbons (Fsp3) is 0.0833. The first-order valence-electron chi connectivity index (χ1n) is 5.36. The molecule has 7 heteroatoms. The van der Waals surface area contributed by atoms with E-state index in [1.807, 2.05) is 16.7 Å². The first-order chi connectivity index (χ1) is 9.04. The molecule has 2 heterocycles. The first-order valence-corrected chi connectivity index (χ1v) is 7.76. The van der Waals surface area contributed by atoms with Crippen LogP contribution < -0.4 is 0 Å². The standard InChI is InChI=1S/C12H7BrClFN2S2/c13-7-3-9-10(4-8(7)15)17(12(18)16-9)5-6-1-2-11(14)19-6/h1-4H,5H2,(H,16,18). The molecule has 0 unspecified atom stereocenters.